The van der Waals surface area contributed by atoms with Crippen LogP contribution in [0.15, 0.2) is 24.3 Å². The van der Waals surface area contributed by atoms with Gasteiger partial charge in [0.1, 0.15) is 0 Å². The monoisotopic (exact) mass is 304 g/mol. The number of rotatable bonds is 5. The number of carbonyl (C=O) groups is 2. The normalized spacial score (nSPS) is 14.7. The molecule has 0 aromatic heterocycles. The summed E-state index contributed by atoms with van der Waals surface area (Å²) in [4.78, 5) is 28.3. The van der Waals surface area contributed by atoms with E-state index in [9.17, 15) is 9.59 Å². The zero-order chi connectivity index (χ0) is 15.9. The third kappa shape index (κ3) is 4.07. The van der Waals surface area contributed by atoms with Crippen LogP contribution in [0, 0.1) is 0 Å². The predicted octanol–water partition coefficient (Wildman–Crippen LogP) is 2.03. The van der Waals surface area contributed by atoms with Crippen LogP contribution in [0.1, 0.15) is 40.5 Å². The minimum atomic E-state index is -0.0370. The maximum atomic E-state index is 12.5. The summed E-state index contributed by atoms with van der Waals surface area (Å²) in [5, 5.41) is 0. The number of ether oxygens (including phenoxy) is 1. The zero-order valence-corrected chi connectivity index (χ0v) is 13.4. The fraction of sp³-hybridized carbons (Fsp3) is 0.529. The molecule has 0 bridgehead atoms. The first-order valence-corrected chi connectivity index (χ1v) is 7.86. The van der Waals surface area contributed by atoms with Crippen molar-refractivity contribution in [3.8, 4) is 0 Å². The molecule has 1 heterocycles. The number of hydrogen-bond acceptors (Lipinski definition) is 3. The van der Waals surface area contributed by atoms with Crippen molar-refractivity contribution in [1.82, 2.24) is 9.80 Å². The van der Waals surface area contributed by atoms with Crippen LogP contribution in [0.4, 0.5) is 0 Å². The van der Waals surface area contributed by atoms with Gasteiger partial charge in [-0.1, -0.05) is 19.4 Å². The van der Waals surface area contributed by atoms with Gasteiger partial charge in [0.25, 0.3) is 11.8 Å². The largest absolute Gasteiger partial charge is 0.378 e. The lowest BCUT2D eigenvalue weighted by Crippen LogP contribution is -2.40. The summed E-state index contributed by atoms with van der Waals surface area (Å²) in [5.41, 5.74) is 1.13. The number of hydrogen-bond donors (Lipinski definition) is 0. The van der Waals surface area contributed by atoms with Gasteiger partial charge in [-0.25, -0.2) is 0 Å². The lowest BCUT2D eigenvalue weighted by Gasteiger charge is -2.27. The van der Waals surface area contributed by atoms with E-state index in [0.717, 1.165) is 19.4 Å². The second kappa shape index (κ2) is 7.94. The number of amides is 2. The molecule has 1 saturated heterocycles. The van der Waals surface area contributed by atoms with Gasteiger partial charge in [-0.05, 0) is 24.6 Å². The molecule has 5 heteroatoms. The molecular formula is C17H24N2O3. The van der Waals surface area contributed by atoms with Gasteiger partial charge in [-0.3, -0.25) is 9.59 Å². The molecule has 2 amide bonds. The molecule has 2 rings (SSSR count). The summed E-state index contributed by atoms with van der Waals surface area (Å²) in [5.74, 6) is -0.0701. The molecular weight excluding hydrogens is 280 g/mol. The van der Waals surface area contributed by atoms with Crippen LogP contribution < -0.4 is 0 Å². The Hall–Kier alpha value is -1.88. The molecule has 0 atom stereocenters. The molecule has 0 aliphatic carbocycles. The van der Waals surface area contributed by atoms with E-state index < -0.39 is 0 Å². The predicted molar refractivity (Wildman–Crippen MR) is 85.0 cm³/mol. The average molecular weight is 304 g/mol. The first kappa shape index (κ1) is 16.5. The van der Waals surface area contributed by atoms with Crippen molar-refractivity contribution in [1.29, 1.82) is 0 Å². The van der Waals surface area contributed by atoms with Gasteiger partial charge in [0, 0.05) is 37.8 Å². The van der Waals surface area contributed by atoms with Gasteiger partial charge in [0.2, 0.25) is 0 Å². The molecule has 0 saturated carbocycles. The number of unbranched alkanes of at least 4 members (excludes halogenated alkanes) is 1. The van der Waals surface area contributed by atoms with E-state index >= 15 is 0 Å². The van der Waals surface area contributed by atoms with Crippen molar-refractivity contribution >= 4 is 11.8 Å². The molecule has 0 spiro atoms. The Bertz CT molecular complexity index is 524. The summed E-state index contributed by atoms with van der Waals surface area (Å²) in [7, 11) is 1.80. The third-order valence-corrected chi connectivity index (χ3v) is 3.85. The molecule has 0 N–H and O–H groups in total. The molecule has 0 unspecified atom stereocenters. The number of nitrogens with zero attached hydrogens (tertiary/aromatic N) is 2. The Labute approximate surface area is 131 Å². The van der Waals surface area contributed by atoms with Crippen molar-refractivity contribution in [3.05, 3.63) is 35.4 Å². The maximum absolute atomic E-state index is 12.5. The lowest BCUT2D eigenvalue weighted by atomic mass is 10.1. The minimum Gasteiger partial charge on any atom is -0.378 e. The summed E-state index contributed by atoms with van der Waals surface area (Å²) >= 11 is 0. The fourth-order valence-electron chi connectivity index (χ4n) is 2.45. The van der Waals surface area contributed by atoms with Gasteiger partial charge in [0.05, 0.1) is 13.2 Å². The molecule has 5 nitrogen and oxygen atoms in total. The highest BCUT2D eigenvalue weighted by molar-refractivity contribution is 5.99. The quantitative estimate of drug-likeness (QED) is 0.836. The summed E-state index contributed by atoms with van der Waals surface area (Å²) in [6, 6.07) is 7.00. The molecule has 1 aromatic rings. The third-order valence-electron chi connectivity index (χ3n) is 3.85. The molecule has 1 fully saturated rings. The summed E-state index contributed by atoms with van der Waals surface area (Å²) in [6.45, 7) is 5.19. The lowest BCUT2D eigenvalue weighted by molar-refractivity contribution is 0.0303. The number of carbonyl (C=O) groups excluding carboxylic acids is 2. The Morgan fingerprint density at radius 2 is 1.91 bits per heavy atom. The van der Waals surface area contributed by atoms with Gasteiger partial charge < -0.3 is 14.5 Å². The molecule has 1 aliphatic rings. The highest BCUT2D eigenvalue weighted by atomic mass is 16.5. The van der Waals surface area contributed by atoms with Crippen molar-refractivity contribution in [2.45, 2.75) is 19.8 Å². The van der Waals surface area contributed by atoms with Gasteiger partial charge >= 0.3 is 0 Å². The molecule has 22 heavy (non-hydrogen) atoms. The Kier molecular flexibility index (Phi) is 5.95. The number of benzene rings is 1. The van der Waals surface area contributed by atoms with Crippen LogP contribution in [-0.4, -0.2) is 61.5 Å². The van der Waals surface area contributed by atoms with Crippen molar-refractivity contribution in [2.24, 2.45) is 0 Å². The van der Waals surface area contributed by atoms with Crippen molar-refractivity contribution in [2.75, 3.05) is 39.9 Å². The molecule has 0 radical (unpaired) electrons. The second-order valence-electron chi connectivity index (χ2n) is 5.57. The summed E-state index contributed by atoms with van der Waals surface area (Å²) in [6.07, 6.45) is 2.03. The molecule has 1 aliphatic heterocycles. The van der Waals surface area contributed by atoms with Crippen LogP contribution in [0.25, 0.3) is 0 Å². The smallest absolute Gasteiger partial charge is 0.254 e. The fourth-order valence-corrected chi connectivity index (χ4v) is 2.45. The van der Waals surface area contributed by atoms with Crippen LogP contribution in [0.2, 0.25) is 0 Å². The van der Waals surface area contributed by atoms with Gasteiger partial charge in [-0.15, -0.1) is 0 Å². The first-order chi connectivity index (χ1) is 10.6. The van der Waals surface area contributed by atoms with E-state index in [1.165, 1.54) is 0 Å². The Balaban J connectivity index is 2.08. The van der Waals surface area contributed by atoms with Crippen LogP contribution in [0.3, 0.4) is 0 Å². The molecule has 120 valence electrons. The summed E-state index contributed by atoms with van der Waals surface area (Å²) < 4.78 is 5.26. The van der Waals surface area contributed by atoms with E-state index in [1.807, 2.05) is 0 Å². The SMILES string of the molecule is CCCCN(C)C(=O)c1cccc(C(=O)N2CCOCC2)c1. The topological polar surface area (TPSA) is 49.9 Å². The Morgan fingerprint density at radius 1 is 1.23 bits per heavy atom. The zero-order valence-electron chi connectivity index (χ0n) is 13.4. The van der Waals surface area contributed by atoms with E-state index in [0.29, 0.717) is 37.4 Å². The van der Waals surface area contributed by atoms with Crippen LogP contribution in [0.5, 0.6) is 0 Å². The van der Waals surface area contributed by atoms with Gasteiger partial charge in [-0.2, -0.15) is 0 Å². The average Bonchev–Trinajstić information content (AvgIpc) is 2.59. The van der Waals surface area contributed by atoms with E-state index in [1.54, 1.807) is 41.1 Å². The highest BCUT2D eigenvalue weighted by Crippen LogP contribution is 2.12. The first-order valence-electron chi connectivity index (χ1n) is 7.86. The maximum Gasteiger partial charge on any atom is 0.254 e. The van der Waals surface area contributed by atoms with Crippen molar-refractivity contribution in [3.63, 3.8) is 0 Å². The van der Waals surface area contributed by atoms with E-state index in [2.05, 4.69) is 6.92 Å². The Morgan fingerprint density at radius 3 is 2.59 bits per heavy atom. The van der Waals surface area contributed by atoms with Gasteiger partial charge in [0.15, 0.2) is 0 Å². The van der Waals surface area contributed by atoms with Crippen molar-refractivity contribution < 1.29 is 14.3 Å². The minimum absolute atomic E-state index is 0.0332. The van der Waals surface area contributed by atoms with E-state index in [-0.39, 0.29) is 11.8 Å². The molecule has 1 aromatic carbocycles. The second-order valence-corrected chi connectivity index (χ2v) is 5.57. The van der Waals surface area contributed by atoms with Crippen LogP contribution in [-0.2, 0) is 4.74 Å². The standard InChI is InChI=1S/C17H24N2O3/c1-3-4-8-18(2)16(20)14-6-5-7-15(13-14)17(21)19-9-11-22-12-10-19/h5-7,13H,3-4,8-12H2,1-2H3. The van der Waals surface area contributed by atoms with E-state index in [4.69, 9.17) is 4.74 Å². The van der Waals surface area contributed by atoms with Crippen LogP contribution >= 0.6 is 0 Å². The number of morpholine rings is 1. The highest BCUT2D eigenvalue weighted by Gasteiger charge is 2.20.